The highest BCUT2D eigenvalue weighted by atomic mass is 35.5. The molecular formula is C23H18ClN5O4S. The van der Waals surface area contributed by atoms with Crippen molar-refractivity contribution in [2.24, 2.45) is 0 Å². The predicted octanol–water partition coefficient (Wildman–Crippen LogP) is 4.46. The van der Waals surface area contributed by atoms with E-state index in [0.717, 1.165) is 0 Å². The van der Waals surface area contributed by atoms with E-state index in [4.69, 9.17) is 25.2 Å². The molecule has 0 atom stereocenters. The van der Waals surface area contributed by atoms with Gasteiger partial charge in [0, 0.05) is 36.6 Å². The molecule has 0 saturated carbocycles. The highest BCUT2D eigenvalue weighted by Crippen LogP contribution is 2.29. The van der Waals surface area contributed by atoms with Crippen LogP contribution in [0.5, 0.6) is 5.75 Å². The molecule has 0 bridgehead atoms. The normalized spacial score (nSPS) is 13.6. The molecule has 0 aliphatic carbocycles. The summed E-state index contributed by atoms with van der Waals surface area (Å²) in [7, 11) is 0. The molecule has 1 saturated heterocycles. The van der Waals surface area contributed by atoms with Crippen LogP contribution in [0.2, 0.25) is 5.02 Å². The van der Waals surface area contributed by atoms with Gasteiger partial charge in [-0.2, -0.15) is 10.2 Å². The SMILES string of the molecule is N#Cc1nc(-c2ccco2)oc1N1CCN(C(=O)c2csc(COc3ccc(Cl)cc3)n2)CC1. The second-order valence-corrected chi connectivity index (χ2v) is 8.79. The Morgan fingerprint density at radius 2 is 1.97 bits per heavy atom. The second-order valence-electron chi connectivity index (χ2n) is 7.41. The van der Waals surface area contributed by atoms with Gasteiger partial charge in [0.05, 0.1) is 6.26 Å². The van der Waals surface area contributed by atoms with Crippen LogP contribution in [0.4, 0.5) is 5.88 Å². The maximum absolute atomic E-state index is 12.9. The minimum absolute atomic E-state index is 0.136. The molecule has 0 unspecified atom stereocenters. The number of piperazine rings is 1. The molecule has 11 heteroatoms. The summed E-state index contributed by atoms with van der Waals surface area (Å²) in [6.45, 7) is 2.21. The monoisotopic (exact) mass is 495 g/mol. The summed E-state index contributed by atoms with van der Waals surface area (Å²) in [4.78, 5) is 25.3. The number of amides is 1. The fourth-order valence-corrected chi connectivity index (χ4v) is 4.34. The Bertz CT molecular complexity index is 1320. The first-order valence-corrected chi connectivity index (χ1v) is 11.7. The number of carbonyl (C=O) groups excluding carboxylic acids is 1. The maximum atomic E-state index is 12.9. The van der Waals surface area contributed by atoms with E-state index in [9.17, 15) is 10.1 Å². The van der Waals surface area contributed by atoms with Crippen LogP contribution in [0.25, 0.3) is 11.7 Å². The van der Waals surface area contributed by atoms with Crippen molar-refractivity contribution < 1.29 is 18.4 Å². The number of nitriles is 1. The van der Waals surface area contributed by atoms with E-state index >= 15 is 0 Å². The van der Waals surface area contributed by atoms with Crippen LogP contribution < -0.4 is 9.64 Å². The van der Waals surface area contributed by atoms with Gasteiger partial charge in [0.15, 0.2) is 5.76 Å². The lowest BCUT2D eigenvalue weighted by Crippen LogP contribution is -2.49. The highest BCUT2D eigenvalue weighted by Gasteiger charge is 2.28. The number of halogens is 1. The quantitative estimate of drug-likeness (QED) is 0.386. The van der Waals surface area contributed by atoms with Crippen molar-refractivity contribution in [1.29, 1.82) is 5.26 Å². The van der Waals surface area contributed by atoms with Gasteiger partial charge in [-0.15, -0.1) is 11.3 Å². The first-order chi connectivity index (χ1) is 16.6. The summed E-state index contributed by atoms with van der Waals surface area (Å²) in [5, 5.41) is 12.6. The smallest absolute Gasteiger partial charge is 0.273 e. The van der Waals surface area contributed by atoms with Gasteiger partial charge < -0.3 is 23.4 Å². The fourth-order valence-electron chi connectivity index (χ4n) is 3.53. The zero-order chi connectivity index (χ0) is 23.5. The second kappa shape index (κ2) is 9.59. The average Bonchev–Trinajstić information content (AvgIpc) is 3.64. The molecule has 0 radical (unpaired) electrons. The molecule has 1 aliphatic heterocycles. The molecule has 1 amide bonds. The van der Waals surface area contributed by atoms with Crippen molar-refractivity contribution in [3.8, 4) is 23.5 Å². The summed E-state index contributed by atoms with van der Waals surface area (Å²) in [5.41, 5.74) is 0.585. The van der Waals surface area contributed by atoms with Gasteiger partial charge in [0.2, 0.25) is 11.6 Å². The van der Waals surface area contributed by atoms with E-state index in [2.05, 4.69) is 16.0 Å². The number of thiazole rings is 1. The van der Waals surface area contributed by atoms with Crippen LogP contribution in [0.15, 0.2) is 56.9 Å². The number of ether oxygens (including phenoxy) is 1. The van der Waals surface area contributed by atoms with Gasteiger partial charge in [-0.05, 0) is 36.4 Å². The molecule has 4 aromatic rings. The Morgan fingerprint density at radius 1 is 1.18 bits per heavy atom. The lowest BCUT2D eigenvalue weighted by atomic mass is 10.3. The molecule has 3 aromatic heterocycles. The van der Waals surface area contributed by atoms with E-state index in [-0.39, 0.29) is 24.1 Å². The standard InChI is InChI=1S/C23H18ClN5O4S/c24-15-3-5-16(6-4-15)32-13-20-26-18(14-34-20)22(30)28-7-9-29(10-8-28)23-17(12-25)27-21(33-23)19-2-1-11-31-19/h1-6,11,14H,7-10,13H2. The predicted molar refractivity (Wildman–Crippen MR) is 125 cm³/mol. The Hall–Kier alpha value is -3.81. The molecule has 9 nitrogen and oxygen atoms in total. The Balaban J connectivity index is 1.19. The summed E-state index contributed by atoms with van der Waals surface area (Å²) < 4.78 is 16.8. The third-order valence-electron chi connectivity index (χ3n) is 5.25. The fraction of sp³-hybridized carbons (Fsp3) is 0.217. The van der Waals surface area contributed by atoms with Crippen molar-refractivity contribution in [2.45, 2.75) is 6.61 Å². The van der Waals surface area contributed by atoms with Gasteiger partial charge in [0.1, 0.15) is 29.1 Å². The van der Waals surface area contributed by atoms with E-state index in [0.29, 0.717) is 59.3 Å². The maximum Gasteiger partial charge on any atom is 0.273 e. The molecular weight excluding hydrogens is 478 g/mol. The Labute approximate surface area is 203 Å². The minimum atomic E-state index is -0.136. The largest absolute Gasteiger partial charge is 0.486 e. The van der Waals surface area contributed by atoms with Crippen LogP contribution in [-0.2, 0) is 6.61 Å². The molecule has 34 heavy (non-hydrogen) atoms. The van der Waals surface area contributed by atoms with Crippen LogP contribution in [0.3, 0.4) is 0 Å². The number of rotatable bonds is 6. The number of hydrogen-bond donors (Lipinski definition) is 0. The van der Waals surface area contributed by atoms with Crippen LogP contribution in [0.1, 0.15) is 21.2 Å². The number of carbonyl (C=O) groups is 1. The summed E-state index contributed by atoms with van der Waals surface area (Å²) in [6.07, 6.45) is 1.52. The Kier molecular flexibility index (Phi) is 6.20. The minimum Gasteiger partial charge on any atom is -0.486 e. The van der Waals surface area contributed by atoms with Crippen LogP contribution in [0, 0.1) is 11.3 Å². The van der Waals surface area contributed by atoms with Crippen molar-refractivity contribution in [2.75, 3.05) is 31.1 Å². The number of nitrogens with zero attached hydrogens (tertiary/aromatic N) is 5. The number of anilines is 1. The molecule has 1 fully saturated rings. The number of benzene rings is 1. The number of furan rings is 1. The van der Waals surface area contributed by atoms with Crippen molar-refractivity contribution in [3.05, 3.63) is 69.5 Å². The number of aromatic nitrogens is 2. The van der Waals surface area contributed by atoms with Crippen molar-refractivity contribution in [3.63, 3.8) is 0 Å². The van der Waals surface area contributed by atoms with Gasteiger partial charge in [-0.25, -0.2) is 4.98 Å². The van der Waals surface area contributed by atoms with E-state index in [1.165, 1.54) is 17.6 Å². The highest BCUT2D eigenvalue weighted by molar-refractivity contribution is 7.09. The topological polar surface area (TPSA) is 109 Å². The van der Waals surface area contributed by atoms with Crippen LogP contribution in [-0.4, -0.2) is 47.0 Å². The molecule has 0 N–H and O–H groups in total. The molecule has 172 valence electrons. The summed E-state index contributed by atoms with van der Waals surface area (Å²) in [6, 6.07) is 12.6. The van der Waals surface area contributed by atoms with Crippen LogP contribution >= 0.6 is 22.9 Å². The van der Waals surface area contributed by atoms with Gasteiger partial charge in [-0.3, -0.25) is 4.79 Å². The zero-order valence-corrected chi connectivity index (χ0v) is 19.4. The zero-order valence-electron chi connectivity index (χ0n) is 17.8. The average molecular weight is 496 g/mol. The molecule has 4 heterocycles. The third kappa shape index (κ3) is 4.62. The van der Waals surface area contributed by atoms with Gasteiger partial charge in [-0.1, -0.05) is 11.6 Å². The lowest BCUT2D eigenvalue weighted by Gasteiger charge is -2.34. The Morgan fingerprint density at radius 3 is 2.68 bits per heavy atom. The van der Waals surface area contributed by atoms with Crippen molar-refractivity contribution in [1.82, 2.24) is 14.9 Å². The first kappa shape index (κ1) is 22.0. The lowest BCUT2D eigenvalue weighted by molar-refractivity contribution is 0.0740. The number of oxazole rings is 1. The molecule has 1 aromatic carbocycles. The third-order valence-corrected chi connectivity index (χ3v) is 6.32. The van der Waals surface area contributed by atoms with Crippen molar-refractivity contribution >= 4 is 34.7 Å². The van der Waals surface area contributed by atoms with Gasteiger partial charge in [0.25, 0.3) is 11.8 Å². The number of hydrogen-bond acceptors (Lipinski definition) is 9. The molecule has 0 spiro atoms. The van der Waals surface area contributed by atoms with E-state index < -0.39 is 0 Å². The summed E-state index contributed by atoms with van der Waals surface area (Å²) in [5.74, 6) is 1.64. The molecule has 5 rings (SSSR count). The van der Waals surface area contributed by atoms with E-state index in [1.807, 2.05) is 4.90 Å². The van der Waals surface area contributed by atoms with E-state index in [1.54, 1.807) is 46.7 Å². The van der Waals surface area contributed by atoms with Gasteiger partial charge >= 0.3 is 0 Å². The molecule has 1 aliphatic rings. The first-order valence-electron chi connectivity index (χ1n) is 10.4. The summed E-state index contributed by atoms with van der Waals surface area (Å²) >= 11 is 7.26.